The molecule has 1 saturated heterocycles. The van der Waals surface area contributed by atoms with Gasteiger partial charge < -0.3 is 4.84 Å². The summed E-state index contributed by atoms with van der Waals surface area (Å²) in [6.07, 6.45) is 2.48. The molecule has 0 bridgehead atoms. The van der Waals surface area contributed by atoms with E-state index in [0.717, 1.165) is 13.2 Å². The first-order chi connectivity index (χ1) is 3.00. The highest BCUT2D eigenvalue weighted by molar-refractivity contribution is 4.43. The van der Waals surface area contributed by atoms with Gasteiger partial charge in [0.2, 0.25) is 0 Å². The normalized spacial score (nSPS) is 20.6. The van der Waals surface area contributed by atoms with Gasteiger partial charge in [0.05, 0.1) is 6.61 Å². The van der Waals surface area contributed by atoms with E-state index >= 15 is 0 Å². The molecule has 0 aliphatic carbocycles. The Hall–Kier alpha value is -0.0800. The van der Waals surface area contributed by atoms with Crippen molar-refractivity contribution in [3.8, 4) is 0 Å². The summed E-state index contributed by atoms with van der Waals surface area (Å²) >= 11 is 0. The molecule has 1 rings (SSSR count). The van der Waals surface area contributed by atoms with Crippen LogP contribution in [0.25, 0.3) is 0 Å². The van der Waals surface area contributed by atoms with Gasteiger partial charge in [-0.3, -0.25) is 0 Å². The van der Waals surface area contributed by atoms with Crippen molar-refractivity contribution in [2.24, 2.45) is 0 Å². The first-order valence-corrected chi connectivity index (χ1v) is 2.35. The molecule has 0 spiro atoms. The van der Waals surface area contributed by atoms with E-state index in [9.17, 15) is 0 Å². The van der Waals surface area contributed by atoms with Crippen molar-refractivity contribution in [2.75, 3.05) is 13.2 Å². The van der Waals surface area contributed by atoms with Gasteiger partial charge in [-0.1, -0.05) is 0 Å². The van der Waals surface area contributed by atoms with Gasteiger partial charge in [0, 0.05) is 14.0 Å². The van der Waals surface area contributed by atoms with Crippen LogP contribution in [0.1, 0.15) is 12.8 Å². The Labute approximate surface area is 44.8 Å². The second-order valence-corrected chi connectivity index (χ2v) is 1.45. The van der Waals surface area contributed by atoms with Gasteiger partial charge in [-0.2, -0.15) is 0 Å². The minimum absolute atomic E-state index is 0. The molecule has 2 nitrogen and oxygen atoms in total. The van der Waals surface area contributed by atoms with E-state index < -0.39 is 0 Å². The van der Waals surface area contributed by atoms with Gasteiger partial charge in [-0.05, 0) is 12.8 Å². The Morgan fingerprint density at radius 1 is 1.29 bits per heavy atom. The zero-order chi connectivity index (χ0) is 4.24. The molecule has 7 heavy (non-hydrogen) atoms. The van der Waals surface area contributed by atoms with Gasteiger partial charge in [-0.15, -0.1) is 0 Å². The van der Waals surface area contributed by atoms with Crippen LogP contribution in [0.2, 0.25) is 0 Å². The van der Waals surface area contributed by atoms with E-state index in [2.05, 4.69) is 5.48 Å². The molecule has 1 fully saturated rings. The maximum atomic E-state index is 4.82. The van der Waals surface area contributed by atoms with Crippen molar-refractivity contribution in [2.45, 2.75) is 12.8 Å². The highest BCUT2D eigenvalue weighted by atomic mass is 16.6. The zero-order valence-electron chi connectivity index (χ0n) is 4.24. The summed E-state index contributed by atoms with van der Waals surface area (Å²) in [6.45, 7) is 1.92. The van der Waals surface area contributed by atoms with Gasteiger partial charge in [0.25, 0.3) is 0 Å². The molecule has 0 aromatic rings. The number of hydrogen-bond donors (Lipinski definition) is 1. The molecule has 1 N–H and O–H groups in total. The largest absolute Gasteiger partial charge is 0.302 e. The fourth-order valence-corrected chi connectivity index (χ4v) is 0.516. The van der Waals surface area contributed by atoms with E-state index in [0.29, 0.717) is 0 Å². The van der Waals surface area contributed by atoms with Crippen LogP contribution in [0.4, 0.5) is 0 Å². The number of hydrogen-bond acceptors (Lipinski definition) is 2. The van der Waals surface area contributed by atoms with Crippen LogP contribution in [0.5, 0.6) is 0 Å². The predicted molar refractivity (Wildman–Crippen MR) is 26.4 cm³/mol. The topological polar surface area (TPSA) is 21.3 Å². The molecule has 0 aromatic carbocycles. The summed E-state index contributed by atoms with van der Waals surface area (Å²) in [6, 6.07) is 0. The van der Waals surface area contributed by atoms with Crippen LogP contribution >= 0.6 is 0 Å². The summed E-state index contributed by atoms with van der Waals surface area (Å²) < 4.78 is 0. The van der Waals surface area contributed by atoms with E-state index in [1.165, 1.54) is 12.8 Å². The minimum atomic E-state index is 0. The molecular weight excluding hydrogens is 90.1 g/mol. The molecule has 1 aliphatic rings. The molecule has 0 atom stereocenters. The Balaban J connectivity index is 0.000000360. The Kier molecular flexibility index (Phi) is 4.04. The summed E-state index contributed by atoms with van der Waals surface area (Å²) in [5, 5.41) is 0. The van der Waals surface area contributed by atoms with Crippen LogP contribution in [-0.4, -0.2) is 13.2 Å². The molecule has 0 amide bonds. The quantitative estimate of drug-likeness (QED) is 0.474. The van der Waals surface area contributed by atoms with E-state index in [-0.39, 0.29) is 7.43 Å². The van der Waals surface area contributed by atoms with Gasteiger partial charge in [0.15, 0.2) is 0 Å². The third kappa shape index (κ3) is 2.60. The second kappa shape index (κ2) is 4.09. The standard InChI is InChI=1S/C4H9NO.C/c1-2-4-6-5-3-1;/h5H,1-4H2;. The Morgan fingerprint density at radius 3 is 2.29 bits per heavy atom. The van der Waals surface area contributed by atoms with Crippen molar-refractivity contribution in [1.82, 2.24) is 5.48 Å². The fraction of sp³-hybridized carbons (Fsp3) is 0.800. The molecule has 1 aliphatic heterocycles. The summed E-state index contributed by atoms with van der Waals surface area (Å²) in [4.78, 5) is 4.82. The fourth-order valence-electron chi connectivity index (χ4n) is 0.516. The first-order valence-electron chi connectivity index (χ1n) is 2.35. The summed E-state index contributed by atoms with van der Waals surface area (Å²) in [5.41, 5.74) is 2.78. The highest BCUT2D eigenvalue weighted by Crippen LogP contribution is 1.91. The highest BCUT2D eigenvalue weighted by Gasteiger charge is 1.93. The molecule has 0 aromatic heterocycles. The lowest BCUT2D eigenvalue weighted by Gasteiger charge is -2.09. The van der Waals surface area contributed by atoms with Crippen molar-refractivity contribution in [3.05, 3.63) is 7.43 Å². The lowest BCUT2D eigenvalue weighted by atomic mass is 10.3. The van der Waals surface area contributed by atoms with E-state index in [1.54, 1.807) is 0 Å². The maximum absolute atomic E-state index is 4.82. The van der Waals surface area contributed by atoms with Crippen LogP contribution in [-0.2, 0) is 4.84 Å². The van der Waals surface area contributed by atoms with Crippen molar-refractivity contribution < 1.29 is 4.84 Å². The molecule has 2 heteroatoms. The number of rotatable bonds is 0. The molecule has 40 valence electrons. The SMILES string of the molecule is C1CCONC1.[C]. The molecular formula is C5H9NO. The van der Waals surface area contributed by atoms with Crippen LogP contribution in [0, 0.1) is 7.43 Å². The van der Waals surface area contributed by atoms with Gasteiger partial charge in [-0.25, -0.2) is 5.48 Å². The van der Waals surface area contributed by atoms with Crippen LogP contribution in [0.3, 0.4) is 0 Å². The zero-order valence-corrected chi connectivity index (χ0v) is 4.24. The molecule has 0 unspecified atom stereocenters. The van der Waals surface area contributed by atoms with Crippen LogP contribution < -0.4 is 5.48 Å². The van der Waals surface area contributed by atoms with Gasteiger partial charge >= 0.3 is 0 Å². The van der Waals surface area contributed by atoms with Crippen molar-refractivity contribution in [3.63, 3.8) is 0 Å². The maximum Gasteiger partial charge on any atom is 0.0682 e. The Bertz CT molecular complexity index is 23.6. The predicted octanol–water partition coefficient (Wildman–Crippen LogP) is 0.383. The van der Waals surface area contributed by atoms with E-state index in [4.69, 9.17) is 4.84 Å². The lowest BCUT2D eigenvalue weighted by molar-refractivity contribution is 0.0128. The summed E-state index contributed by atoms with van der Waals surface area (Å²) in [5.74, 6) is 0. The number of nitrogens with one attached hydrogen (secondary N) is 1. The monoisotopic (exact) mass is 99.1 g/mol. The lowest BCUT2D eigenvalue weighted by Crippen LogP contribution is -2.22. The third-order valence-corrected chi connectivity index (χ3v) is 0.877. The second-order valence-electron chi connectivity index (χ2n) is 1.45. The molecule has 4 radical (unpaired) electrons. The molecule has 0 saturated carbocycles. The van der Waals surface area contributed by atoms with Crippen molar-refractivity contribution >= 4 is 0 Å². The molecule has 1 heterocycles. The third-order valence-electron chi connectivity index (χ3n) is 0.877. The van der Waals surface area contributed by atoms with Gasteiger partial charge in [0.1, 0.15) is 0 Å². The average Bonchev–Trinajstić information content (AvgIpc) is 1.72. The number of hydroxylamine groups is 1. The van der Waals surface area contributed by atoms with E-state index in [1.807, 2.05) is 0 Å². The van der Waals surface area contributed by atoms with Crippen LogP contribution in [0.15, 0.2) is 0 Å². The first kappa shape index (κ1) is 6.92. The van der Waals surface area contributed by atoms with Crippen molar-refractivity contribution in [1.29, 1.82) is 0 Å². The average molecular weight is 99.1 g/mol. The smallest absolute Gasteiger partial charge is 0.0682 e. The Morgan fingerprint density at radius 2 is 2.14 bits per heavy atom. The summed E-state index contributed by atoms with van der Waals surface area (Å²) in [7, 11) is 0. The minimum Gasteiger partial charge on any atom is -0.302 e.